The van der Waals surface area contributed by atoms with Gasteiger partial charge in [0.25, 0.3) is 0 Å². The van der Waals surface area contributed by atoms with Crippen molar-refractivity contribution in [3.63, 3.8) is 0 Å². The average Bonchev–Trinajstić information content (AvgIpc) is 2.46. The Labute approximate surface area is 137 Å². The molecule has 0 aliphatic rings. The zero-order chi connectivity index (χ0) is 17.0. The Morgan fingerprint density at radius 1 is 1.13 bits per heavy atom. The summed E-state index contributed by atoms with van der Waals surface area (Å²) in [4.78, 5) is 9.62. The molecule has 2 rings (SSSR count). The first-order valence-corrected chi connectivity index (χ1v) is 7.24. The second kappa shape index (κ2) is 7.14. The fraction of sp³-hybridized carbons (Fsp3) is 0.333. The SMILES string of the molecule is CN(C)CCNc1nc(-c2ccc(Cl)cc2)cc(C(F)(F)F)n1. The Bertz CT molecular complexity index is 657. The highest BCUT2D eigenvalue weighted by molar-refractivity contribution is 6.30. The van der Waals surface area contributed by atoms with Crippen molar-refractivity contribution in [2.45, 2.75) is 6.18 Å². The number of halogens is 4. The molecule has 1 aromatic heterocycles. The molecule has 1 aromatic carbocycles. The van der Waals surface area contributed by atoms with Crippen molar-refractivity contribution in [1.82, 2.24) is 14.9 Å². The van der Waals surface area contributed by atoms with E-state index in [0.29, 0.717) is 23.7 Å². The number of nitrogens with one attached hydrogen (secondary N) is 1. The van der Waals surface area contributed by atoms with Crippen molar-refractivity contribution in [3.8, 4) is 11.3 Å². The number of aromatic nitrogens is 2. The quantitative estimate of drug-likeness (QED) is 0.896. The largest absolute Gasteiger partial charge is 0.433 e. The molecule has 1 heterocycles. The smallest absolute Gasteiger partial charge is 0.353 e. The monoisotopic (exact) mass is 344 g/mol. The number of benzene rings is 1. The van der Waals surface area contributed by atoms with Crippen LogP contribution in [0.3, 0.4) is 0 Å². The molecular formula is C15H16ClF3N4. The summed E-state index contributed by atoms with van der Waals surface area (Å²) in [6.45, 7) is 1.09. The molecule has 124 valence electrons. The maximum absolute atomic E-state index is 13.0. The zero-order valence-corrected chi connectivity index (χ0v) is 13.4. The Balaban J connectivity index is 2.35. The van der Waals surface area contributed by atoms with E-state index in [1.807, 2.05) is 19.0 Å². The third-order valence-corrected chi connectivity index (χ3v) is 3.25. The van der Waals surface area contributed by atoms with Crippen molar-refractivity contribution in [2.75, 3.05) is 32.5 Å². The molecule has 0 aliphatic carbocycles. The molecule has 0 amide bonds. The van der Waals surface area contributed by atoms with Crippen LogP contribution in [0.2, 0.25) is 5.02 Å². The van der Waals surface area contributed by atoms with Gasteiger partial charge in [-0.2, -0.15) is 13.2 Å². The Hall–Kier alpha value is -1.86. The fourth-order valence-electron chi connectivity index (χ4n) is 1.83. The van der Waals surface area contributed by atoms with Crippen molar-refractivity contribution in [2.24, 2.45) is 0 Å². The van der Waals surface area contributed by atoms with E-state index in [2.05, 4.69) is 15.3 Å². The normalized spacial score (nSPS) is 11.8. The summed E-state index contributed by atoms with van der Waals surface area (Å²) in [6, 6.07) is 7.38. The minimum Gasteiger partial charge on any atom is -0.353 e. The number of alkyl halides is 3. The lowest BCUT2D eigenvalue weighted by molar-refractivity contribution is -0.141. The van der Waals surface area contributed by atoms with Crippen LogP contribution in [-0.2, 0) is 6.18 Å². The van der Waals surface area contributed by atoms with Crippen LogP contribution in [0, 0.1) is 0 Å². The minimum atomic E-state index is -4.54. The molecular weight excluding hydrogens is 329 g/mol. The molecule has 4 nitrogen and oxygen atoms in total. The molecule has 0 bridgehead atoms. The molecule has 2 aromatic rings. The van der Waals surface area contributed by atoms with Crippen molar-refractivity contribution < 1.29 is 13.2 Å². The van der Waals surface area contributed by atoms with Crippen LogP contribution in [0.1, 0.15) is 5.69 Å². The van der Waals surface area contributed by atoms with Gasteiger partial charge in [0, 0.05) is 23.7 Å². The van der Waals surface area contributed by atoms with Gasteiger partial charge in [-0.3, -0.25) is 0 Å². The van der Waals surface area contributed by atoms with Crippen molar-refractivity contribution in [3.05, 3.63) is 41.0 Å². The maximum atomic E-state index is 13.0. The Kier molecular flexibility index (Phi) is 5.43. The van der Waals surface area contributed by atoms with Crippen molar-refractivity contribution >= 4 is 17.5 Å². The van der Waals surface area contributed by atoms with Gasteiger partial charge in [-0.15, -0.1) is 0 Å². The molecule has 0 spiro atoms. The third kappa shape index (κ3) is 5.07. The minimum absolute atomic E-state index is 0.0494. The summed E-state index contributed by atoms with van der Waals surface area (Å²) >= 11 is 5.80. The van der Waals surface area contributed by atoms with Crippen LogP contribution in [0.4, 0.5) is 19.1 Å². The molecule has 0 aliphatic heterocycles. The predicted molar refractivity (Wildman–Crippen MR) is 84.5 cm³/mol. The summed E-state index contributed by atoms with van der Waals surface area (Å²) in [5, 5.41) is 3.32. The highest BCUT2D eigenvalue weighted by Crippen LogP contribution is 2.31. The number of likely N-dealkylation sites (N-methyl/N-ethyl adjacent to an activating group) is 1. The predicted octanol–water partition coefficient (Wildman–Crippen LogP) is 3.79. The lowest BCUT2D eigenvalue weighted by Gasteiger charge is -2.13. The van der Waals surface area contributed by atoms with Crippen LogP contribution in [0.25, 0.3) is 11.3 Å². The highest BCUT2D eigenvalue weighted by Gasteiger charge is 2.33. The van der Waals surface area contributed by atoms with Crippen molar-refractivity contribution in [1.29, 1.82) is 0 Å². The van der Waals surface area contributed by atoms with E-state index in [4.69, 9.17) is 11.6 Å². The molecule has 0 saturated carbocycles. The van der Waals surface area contributed by atoms with Gasteiger partial charge in [0.1, 0.15) is 0 Å². The van der Waals surface area contributed by atoms with Gasteiger partial charge >= 0.3 is 6.18 Å². The molecule has 0 atom stereocenters. The number of nitrogens with zero attached hydrogens (tertiary/aromatic N) is 3. The zero-order valence-electron chi connectivity index (χ0n) is 12.7. The molecule has 0 unspecified atom stereocenters. The molecule has 0 fully saturated rings. The van der Waals surface area contributed by atoms with Crippen LogP contribution in [-0.4, -0.2) is 42.1 Å². The first-order chi connectivity index (χ1) is 10.8. The van der Waals surface area contributed by atoms with E-state index >= 15 is 0 Å². The van der Waals surface area contributed by atoms with E-state index in [9.17, 15) is 13.2 Å². The highest BCUT2D eigenvalue weighted by atomic mass is 35.5. The summed E-state index contributed by atoms with van der Waals surface area (Å²) in [6.07, 6.45) is -4.54. The lowest BCUT2D eigenvalue weighted by Crippen LogP contribution is -2.22. The van der Waals surface area contributed by atoms with E-state index in [1.54, 1.807) is 24.3 Å². The van der Waals surface area contributed by atoms with E-state index < -0.39 is 11.9 Å². The summed E-state index contributed by atoms with van der Waals surface area (Å²) in [5.74, 6) is -0.0494. The van der Waals surface area contributed by atoms with Crippen LogP contribution >= 0.6 is 11.6 Å². The van der Waals surface area contributed by atoms with Crippen LogP contribution < -0.4 is 5.32 Å². The van der Waals surface area contributed by atoms with Gasteiger partial charge in [-0.1, -0.05) is 23.7 Å². The molecule has 8 heteroatoms. The second-order valence-corrected chi connectivity index (χ2v) is 5.63. The molecule has 1 N–H and O–H groups in total. The van der Waals surface area contributed by atoms with E-state index in [1.165, 1.54) is 0 Å². The Morgan fingerprint density at radius 3 is 2.35 bits per heavy atom. The van der Waals surface area contributed by atoms with Gasteiger partial charge < -0.3 is 10.2 Å². The first-order valence-electron chi connectivity index (χ1n) is 6.86. The van der Waals surface area contributed by atoms with Gasteiger partial charge in [-0.05, 0) is 32.3 Å². The number of hydrogen-bond donors (Lipinski definition) is 1. The van der Waals surface area contributed by atoms with Gasteiger partial charge in [0.05, 0.1) is 5.69 Å². The second-order valence-electron chi connectivity index (χ2n) is 5.20. The molecule has 0 radical (unpaired) electrons. The lowest BCUT2D eigenvalue weighted by atomic mass is 10.1. The third-order valence-electron chi connectivity index (χ3n) is 3.00. The fourth-order valence-corrected chi connectivity index (χ4v) is 1.96. The van der Waals surface area contributed by atoms with E-state index in [-0.39, 0.29) is 11.6 Å². The maximum Gasteiger partial charge on any atom is 0.433 e. The number of rotatable bonds is 5. The average molecular weight is 345 g/mol. The molecule has 0 saturated heterocycles. The van der Waals surface area contributed by atoms with Gasteiger partial charge in [-0.25, -0.2) is 9.97 Å². The summed E-state index contributed by atoms with van der Waals surface area (Å²) < 4.78 is 39.1. The van der Waals surface area contributed by atoms with Crippen LogP contribution in [0.5, 0.6) is 0 Å². The molecule has 23 heavy (non-hydrogen) atoms. The topological polar surface area (TPSA) is 41.0 Å². The number of anilines is 1. The first kappa shape index (κ1) is 17.5. The number of hydrogen-bond acceptors (Lipinski definition) is 4. The summed E-state index contributed by atoms with van der Waals surface area (Å²) in [7, 11) is 3.74. The van der Waals surface area contributed by atoms with E-state index in [0.717, 1.165) is 6.07 Å². The summed E-state index contributed by atoms with van der Waals surface area (Å²) in [5.41, 5.74) is -0.251. The standard InChI is InChI=1S/C15H16ClF3N4/c1-23(2)8-7-20-14-21-12(9-13(22-14)15(17,18)19)10-3-5-11(16)6-4-10/h3-6,9H,7-8H2,1-2H3,(H,20,21,22). The van der Waals surface area contributed by atoms with Gasteiger partial charge in [0.2, 0.25) is 5.95 Å². The van der Waals surface area contributed by atoms with Crippen LogP contribution in [0.15, 0.2) is 30.3 Å². The van der Waals surface area contributed by atoms with Gasteiger partial charge in [0.15, 0.2) is 5.69 Å². The Morgan fingerprint density at radius 2 is 1.78 bits per heavy atom.